The Morgan fingerprint density at radius 3 is 3.00 bits per heavy atom. The lowest BCUT2D eigenvalue weighted by Gasteiger charge is -2.13. The van der Waals surface area contributed by atoms with Gasteiger partial charge in [-0.25, -0.2) is 0 Å². The minimum Gasteiger partial charge on any atom is -0.350 e. The summed E-state index contributed by atoms with van der Waals surface area (Å²) in [6.07, 6.45) is 3.48. The Hall–Kier alpha value is -1.42. The van der Waals surface area contributed by atoms with Crippen molar-refractivity contribution < 1.29 is 4.79 Å². The van der Waals surface area contributed by atoms with Crippen LogP contribution in [0.25, 0.3) is 0 Å². The number of carbonyl (C=O) groups is 1. The van der Waals surface area contributed by atoms with E-state index in [2.05, 4.69) is 10.3 Å². The average Bonchev–Trinajstić information content (AvgIpc) is 2.26. The molecule has 3 N–H and O–H groups in total. The number of aromatic nitrogens is 1. The van der Waals surface area contributed by atoms with Gasteiger partial charge in [0, 0.05) is 23.5 Å². The molecule has 0 aliphatic carbocycles. The quantitative estimate of drug-likeness (QED) is 0.786. The average molecular weight is 221 g/mol. The van der Waals surface area contributed by atoms with Crippen molar-refractivity contribution in [2.45, 2.75) is 32.7 Å². The monoisotopic (exact) mass is 221 g/mol. The van der Waals surface area contributed by atoms with E-state index in [0.29, 0.717) is 12.1 Å². The van der Waals surface area contributed by atoms with E-state index >= 15 is 0 Å². The second-order valence-electron chi connectivity index (χ2n) is 3.99. The molecule has 0 aromatic carbocycles. The number of aryl methyl sites for hydroxylation is 1. The van der Waals surface area contributed by atoms with E-state index in [1.54, 1.807) is 18.3 Å². The van der Waals surface area contributed by atoms with Crippen LogP contribution in [0.1, 0.15) is 35.8 Å². The normalized spacial score (nSPS) is 12.2. The minimum absolute atomic E-state index is 0.0463. The number of nitrogens with zero attached hydrogens (tertiary/aromatic N) is 1. The molecule has 0 saturated carbocycles. The Bertz CT molecular complexity index is 352. The first-order chi connectivity index (χ1) is 7.63. The highest BCUT2D eigenvalue weighted by atomic mass is 16.1. The van der Waals surface area contributed by atoms with Crippen molar-refractivity contribution in [2.24, 2.45) is 5.73 Å². The van der Waals surface area contributed by atoms with E-state index in [1.807, 2.05) is 13.8 Å². The summed E-state index contributed by atoms with van der Waals surface area (Å²) in [6, 6.07) is 3.66. The van der Waals surface area contributed by atoms with Crippen molar-refractivity contribution in [3.05, 3.63) is 29.6 Å². The van der Waals surface area contributed by atoms with Gasteiger partial charge >= 0.3 is 0 Å². The molecule has 4 nitrogen and oxygen atoms in total. The van der Waals surface area contributed by atoms with Crippen molar-refractivity contribution in [1.82, 2.24) is 10.3 Å². The van der Waals surface area contributed by atoms with E-state index < -0.39 is 0 Å². The van der Waals surface area contributed by atoms with Gasteiger partial charge in [0.1, 0.15) is 0 Å². The summed E-state index contributed by atoms with van der Waals surface area (Å²) in [5.74, 6) is -0.0463. The molecular weight excluding hydrogens is 202 g/mol. The van der Waals surface area contributed by atoms with Crippen LogP contribution in [-0.2, 0) is 0 Å². The van der Waals surface area contributed by atoms with Gasteiger partial charge in [-0.15, -0.1) is 0 Å². The number of nitrogens with two attached hydrogens (primary N) is 1. The van der Waals surface area contributed by atoms with Crippen LogP contribution in [0.2, 0.25) is 0 Å². The van der Waals surface area contributed by atoms with Gasteiger partial charge in [-0.05, 0) is 45.4 Å². The minimum atomic E-state index is -0.0463. The van der Waals surface area contributed by atoms with E-state index in [-0.39, 0.29) is 11.9 Å². The van der Waals surface area contributed by atoms with Gasteiger partial charge in [0.15, 0.2) is 0 Å². The molecule has 16 heavy (non-hydrogen) atoms. The fraction of sp³-hybridized carbons (Fsp3) is 0.500. The largest absolute Gasteiger partial charge is 0.350 e. The molecule has 0 aliphatic rings. The van der Waals surface area contributed by atoms with Crippen LogP contribution in [0.3, 0.4) is 0 Å². The number of pyridine rings is 1. The van der Waals surface area contributed by atoms with Crippen molar-refractivity contribution in [2.75, 3.05) is 6.54 Å². The molecule has 1 atom stereocenters. The second-order valence-corrected chi connectivity index (χ2v) is 3.99. The Labute approximate surface area is 96.3 Å². The van der Waals surface area contributed by atoms with Gasteiger partial charge in [0.05, 0.1) is 0 Å². The molecule has 0 fully saturated rings. The highest BCUT2D eigenvalue weighted by Crippen LogP contribution is 2.02. The molecule has 1 aromatic rings. The van der Waals surface area contributed by atoms with Gasteiger partial charge < -0.3 is 11.1 Å². The Morgan fingerprint density at radius 1 is 1.62 bits per heavy atom. The van der Waals surface area contributed by atoms with Gasteiger partial charge in [-0.3, -0.25) is 9.78 Å². The van der Waals surface area contributed by atoms with Crippen molar-refractivity contribution in [3.63, 3.8) is 0 Å². The Morgan fingerprint density at radius 2 is 2.38 bits per heavy atom. The molecule has 0 radical (unpaired) electrons. The number of hydrogen-bond acceptors (Lipinski definition) is 3. The maximum Gasteiger partial charge on any atom is 0.251 e. The first-order valence-corrected chi connectivity index (χ1v) is 5.57. The van der Waals surface area contributed by atoms with Crippen LogP contribution in [0.4, 0.5) is 0 Å². The van der Waals surface area contributed by atoms with E-state index in [1.165, 1.54) is 0 Å². The lowest BCUT2D eigenvalue weighted by molar-refractivity contribution is 0.0938. The van der Waals surface area contributed by atoms with E-state index in [0.717, 1.165) is 18.5 Å². The summed E-state index contributed by atoms with van der Waals surface area (Å²) in [6.45, 7) is 4.52. The number of rotatable bonds is 5. The number of carbonyl (C=O) groups excluding carboxylic acids is 1. The third kappa shape index (κ3) is 3.98. The molecule has 0 spiro atoms. The van der Waals surface area contributed by atoms with E-state index in [9.17, 15) is 4.79 Å². The number of amides is 1. The zero-order valence-electron chi connectivity index (χ0n) is 9.86. The summed E-state index contributed by atoms with van der Waals surface area (Å²) in [7, 11) is 0. The van der Waals surface area contributed by atoms with Crippen LogP contribution in [0.5, 0.6) is 0 Å². The maximum atomic E-state index is 11.8. The molecule has 1 unspecified atom stereocenters. The summed E-state index contributed by atoms with van der Waals surface area (Å²) < 4.78 is 0. The molecule has 0 saturated heterocycles. The van der Waals surface area contributed by atoms with Crippen molar-refractivity contribution in [3.8, 4) is 0 Å². The second kappa shape index (κ2) is 6.23. The van der Waals surface area contributed by atoms with Crippen LogP contribution in [-0.4, -0.2) is 23.5 Å². The van der Waals surface area contributed by atoms with E-state index in [4.69, 9.17) is 5.73 Å². The van der Waals surface area contributed by atoms with Crippen LogP contribution in [0, 0.1) is 6.92 Å². The Balaban J connectivity index is 2.52. The predicted molar refractivity (Wildman–Crippen MR) is 64.2 cm³/mol. The molecule has 0 bridgehead atoms. The number of nitrogens with one attached hydrogen (secondary N) is 1. The summed E-state index contributed by atoms with van der Waals surface area (Å²) in [4.78, 5) is 15.9. The van der Waals surface area contributed by atoms with Crippen molar-refractivity contribution in [1.29, 1.82) is 0 Å². The SMILES string of the molecule is Cc1cc(C(=O)NC(C)CCCN)ccn1. The van der Waals surface area contributed by atoms with Crippen molar-refractivity contribution >= 4 is 5.91 Å². The van der Waals surface area contributed by atoms with Gasteiger partial charge in [0.25, 0.3) is 5.91 Å². The molecule has 0 aliphatic heterocycles. The molecule has 4 heteroatoms. The molecule has 1 amide bonds. The Kier molecular flexibility index (Phi) is 4.92. The summed E-state index contributed by atoms with van der Waals surface area (Å²) in [5, 5.41) is 2.94. The molecule has 88 valence electrons. The van der Waals surface area contributed by atoms with Gasteiger partial charge in [-0.1, -0.05) is 0 Å². The molecule has 1 heterocycles. The van der Waals surface area contributed by atoms with Crippen LogP contribution in [0.15, 0.2) is 18.3 Å². The smallest absolute Gasteiger partial charge is 0.251 e. The fourth-order valence-corrected chi connectivity index (χ4v) is 1.49. The fourth-order valence-electron chi connectivity index (χ4n) is 1.49. The topological polar surface area (TPSA) is 68.0 Å². The highest BCUT2D eigenvalue weighted by molar-refractivity contribution is 5.94. The lowest BCUT2D eigenvalue weighted by Crippen LogP contribution is -2.32. The molecular formula is C12H19N3O. The van der Waals surface area contributed by atoms with Crippen LogP contribution >= 0.6 is 0 Å². The number of hydrogen-bond donors (Lipinski definition) is 2. The maximum absolute atomic E-state index is 11.8. The molecule has 1 rings (SSSR count). The predicted octanol–water partition coefficient (Wildman–Crippen LogP) is 1.25. The van der Waals surface area contributed by atoms with Gasteiger partial charge in [0.2, 0.25) is 0 Å². The zero-order valence-corrected chi connectivity index (χ0v) is 9.86. The third-order valence-corrected chi connectivity index (χ3v) is 2.38. The van der Waals surface area contributed by atoms with Crippen LogP contribution < -0.4 is 11.1 Å². The zero-order chi connectivity index (χ0) is 12.0. The lowest BCUT2D eigenvalue weighted by atomic mass is 10.1. The summed E-state index contributed by atoms with van der Waals surface area (Å²) >= 11 is 0. The highest BCUT2D eigenvalue weighted by Gasteiger charge is 2.09. The third-order valence-electron chi connectivity index (χ3n) is 2.38. The standard InChI is InChI=1S/C12H19N3O/c1-9(4-3-6-13)15-12(16)11-5-7-14-10(2)8-11/h5,7-9H,3-4,6,13H2,1-2H3,(H,15,16). The molecule has 1 aromatic heterocycles. The summed E-state index contributed by atoms with van der Waals surface area (Å²) in [5.41, 5.74) is 6.93. The first-order valence-electron chi connectivity index (χ1n) is 5.57. The van der Waals surface area contributed by atoms with Gasteiger partial charge in [-0.2, -0.15) is 0 Å². The first kappa shape index (κ1) is 12.6.